The van der Waals surface area contributed by atoms with Gasteiger partial charge in [0, 0.05) is 26.2 Å². The summed E-state index contributed by atoms with van der Waals surface area (Å²) in [6.07, 6.45) is 3.37. The molecule has 2 amide bonds. The van der Waals surface area contributed by atoms with Crippen LogP contribution < -0.4 is 0 Å². The Balaban J connectivity index is 1.97. The van der Waals surface area contributed by atoms with E-state index in [1.807, 2.05) is 0 Å². The number of imidazole rings is 1. The van der Waals surface area contributed by atoms with Crippen LogP contribution >= 0.6 is 0 Å². The van der Waals surface area contributed by atoms with E-state index in [1.165, 1.54) is 7.05 Å². The Hall–Kier alpha value is -1.69. The molecule has 0 saturated carbocycles. The van der Waals surface area contributed by atoms with E-state index >= 15 is 0 Å². The van der Waals surface area contributed by atoms with Crippen molar-refractivity contribution in [3.8, 4) is 0 Å². The predicted octanol–water partition coefficient (Wildman–Crippen LogP) is 0.389. The minimum Gasteiger partial charge on any atom is -0.381 e. The fourth-order valence-corrected chi connectivity index (χ4v) is 2.53. The van der Waals surface area contributed by atoms with Crippen molar-refractivity contribution in [2.45, 2.75) is 25.3 Å². The first-order valence-corrected chi connectivity index (χ1v) is 6.12. The molecule has 0 aliphatic carbocycles. The molecule has 0 bridgehead atoms. The van der Waals surface area contributed by atoms with Crippen LogP contribution in [0, 0.1) is 0 Å². The molecule has 0 aromatic carbocycles. The quantitative estimate of drug-likeness (QED) is 0.675. The van der Waals surface area contributed by atoms with Crippen LogP contribution in [0.3, 0.4) is 0 Å². The Labute approximate surface area is 105 Å². The molecule has 0 spiro atoms. The zero-order chi connectivity index (χ0) is 12.7. The summed E-state index contributed by atoms with van der Waals surface area (Å²) >= 11 is 0. The molecule has 0 atom stereocenters. The third-order valence-corrected chi connectivity index (χ3v) is 3.66. The first kappa shape index (κ1) is 11.4. The van der Waals surface area contributed by atoms with E-state index in [2.05, 4.69) is 4.98 Å². The number of rotatable bonds is 1. The smallest absolute Gasteiger partial charge is 0.278 e. The van der Waals surface area contributed by atoms with Gasteiger partial charge in [-0.25, -0.2) is 4.98 Å². The van der Waals surface area contributed by atoms with Crippen molar-refractivity contribution in [2.75, 3.05) is 20.3 Å². The normalized spacial score (nSPS) is 21.3. The number of hydrogen-bond donors (Lipinski definition) is 0. The molecule has 18 heavy (non-hydrogen) atoms. The van der Waals surface area contributed by atoms with Crippen LogP contribution in [0.2, 0.25) is 0 Å². The molecule has 6 heteroatoms. The van der Waals surface area contributed by atoms with Gasteiger partial charge >= 0.3 is 0 Å². The molecule has 2 aliphatic heterocycles. The highest BCUT2D eigenvalue weighted by atomic mass is 16.5. The number of fused-ring (bicyclic) bond motifs is 1. The van der Waals surface area contributed by atoms with Gasteiger partial charge in [-0.15, -0.1) is 0 Å². The van der Waals surface area contributed by atoms with Gasteiger partial charge < -0.3 is 9.30 Å². The van der Waals surface area contributed by atoms with Crippen molar-refractivity contribution >= 4 is 11.8 Å². The topological polar surface area (TPSA) is 64.4 Å². The van der Waals surface area contributed by atoms with Crippen molar-refractivity contribution < 1.29 is 14.3 Å². The molecule has 1 fully saturated rings. The molecule has 0 N–H and O–H groups in total. The first-order valence-electron chi connectivity index (χ1n) is 6.12. The van der Waals surface area contributed by atoms with E-state index in [1.54, 1.807) is 10.8 Å². The van der Waals surface area contributed by atoms with Gasteiger partial charge in [0.1, 0.15) is 18.1 Å². The molecule has 96 valence electrons. The molecule has 1 saturated heterocycles. The highest BCUT2D eigenvalue weighted by Crippen LogP contribution is 2.28. The Morgan fingerprint density at radius 3 is 2.78 bits per heavy atom. The number of carbonyl (C=O) groups is 2. The minimum absolute atomic E-state index is 0.182. The van der Waals surface area contributed by atoms with E-state index in [4.69, 9.17) is 4.74 Å². The van der Waals surface area contributed by atoms with E-state index in [-0.39, 0.29) is 24.3 Å². The van der Waals surface area contributed by atoms with Crippen molar-refractivity contribution in [3.63, 3.8) is 0 Å². The van der Waals surface area contributed by atoms with E-state index in [9.17, 15) is 9.59 Å². The second kappa shape index (κ2) is 4.20. The average molecular weight is 249 g/mol. The predicted molar refractivity (Wildman–Crippen MR) is 62.1 cm³/mol. The maximum Gasteiger partial charge on any atom is 0.278 e. The fourth-order valence-electron chi connectivity index (χ4n) is 2.53. The standard InChI is InChI=1S/C12H15N3O3/c1-14-10(16)7-15-9(12(14)17)6-13-11(15)8-2-4-18-5-3-8/h6,8H,2-5,7H2,1H3. The van der Waals surface area contributed by atoms with Crippen LogP contribution in [-0.4, -0.2) is 46.5 Å². The Morgan fingerprint density at radius 2 is 2.06 bits per heavy atom. The average Bonchev–Trinajstić information content (AvgIpc) is 2.81. The Morgan fingerprint density at radius 1 is 1.33 bits per heavy atom. The zero-order valence-electron chi connectivity index (χ0n) is 10.3. The van der Waals surface area contributed by atoms with Gasteiger partial charge in [0.15, 0.2) is 0 Å². The van der Waals surface area contributed by atoms with Gasteiger partial charge in [-0.1, -0.05) is 0 Å². The highest BCUT2D eigenvalue weighted by molar-refractivity contribution is 6.05. The van der Waals surface area contributed by atoms with Crippen LogP contribution in [0.5, 0.6) is 0 Å². The molecule has 3 heterocycles. The van der Waals surface area contributed by atoms with Gasteiger partial charge in [-0.2, -0.15) is 0 Å². The maximum absolute atomic E-state index is 11.9. The summed E-state index contributed by atoms with van der Waals surface area (Å²) in [7, 11) is 1.51. The Bertz CT molecular complexity index is 503. The van der Waals surface area contributed by atoms with Crippen LogP contribution in [-0.2, 0) is 16.1 Å². The van der Waals surface area contributed by atoms with Crippen LogP contribution in [0.1, 0.15) is 35.1 Å². The number of carbonyl (C=O) groups excluding carboxylic acids is 2. The molecule has 1 aromatic rings. The summed E-state index contributed by atoms with van der Waals surface area (Å²) in [6.45, 7) is 1.65. The summed E-state index contributed by atoms with van der Waals surface area (Å²) in [5.41, 5.74) is 0.513. The lowest BCUT2D eigenvalue weighted by Gasteiger charge is -2.26. The van der Waals surface area contributed by atoms with Crippen LogP contribution in [0.15, 0.2) is 6.20 Å². The molecule has 1 aromatic heterocycles. The van der Waals surface area contributed by atoms with Crippen molar-refractivity contribution in [2.24, 2.45) is 0 Å². The number of nitrogens with zero attached hydrogens (tertiary/aromatic N) is 3. The molecular formula is C12H15N3O3. The number of hydrogen-bond acceptors (Lipinski definition) is 4. The van der Waals surface area contributed by atoms with Gasteiger partial charge in [-0.05, 0) is 12.8 Å². The summed E-state index contributed by atoms with van der Waals surface area (Å²) in [5.74, 6) is 0.690. The lowest BCUT2D eigenvalue weighted by atomic mass is 9.99. The summed E-state index contributed by atoms with van der Waals surface area (Å²) in [5, 5.41) is 0. The van der Waals surface area contributed by atoms with Gasteiger partial charge in [0.05, 0.1) is 6.20 Å². The van der Waals surface area contributed by atoms with E-state index in [0.717, 1.165) is 23.6 Å². The lowest BCUT2D eigenvalue weighted by Crippen LogP contribution is -2.42. The van der Waals surface area contributed by atoms with Crippen LogP contribution in [0.4, 0.5) is 0 Å². The van der Waals surface area contributed by atoms with Crippen molar-refractivity contribution in [1.29, 1.82) is 0 Å². The van der Waals surface area contributed by atoms with Gasteiger partial charge in [0.25, 0.3) is 5.91 Å². The maximum atomic E-state index is 11.9. The van der Waals surface area contributed by atoms with E-state index < -0.39 is 0 Å². The summed E-state index contributed by atoms with van der Waals surface area (Å²) in [4.78, 5) is 29.2. The monoisotopic (exact) mass is 249 g/mol. The van der Waals surface area contributed by atoms with Crippen LogP contribution in [0.25, 0.3) is 0 Å². The second-order valence-electron chi connectivity index (χ2n) is 4.73. The summed E-state index contributed by atoms with van der Waals surface area (Å²) in [6, 6.07) is 0. The molecule has 2 aliphatic rings. The third-order valence-electron chi connectivity index (χ3n) is 3.66. The number of imide groups is 1. The zero-order valence-corrected chi connectivity index (χ0v) is 10.3. The fraction of sp³-hybridized carbons (Fsp3) is 0.583. The number of ether oxygens (including phenoxy) is 1. The van der Waals surface area contributed by atoms with Crippen molar-refractivity contribution in [1.82, 2.24) is 14.5 Å². The van der Waals surface area contributed by atoms with E-state index in [0.29, 0.717) is 18.9 Å². The number of likely N-dealkylation sites (N-methyl/N-ethyl adjacent to an activating group) is 1. The molecular weight excluding hydrogens is 234 g/mol. The first-order chi connectivity index (χ1) is 8.68. The Kier molecular flexibility index (Phi) is 2.66. The third kappa shape index (κ3) is 1.64. The largest absolute Gasteiger partial charge is 0.381 e. The van der Waals surface area contributed by atoms with Crippen molar-refractivity contribution in [3.05, 3.63) is 17.7 Å². The second-order valence-corrected chi connectivity index (χ2v) is 4.73. The number of aromatic nitrogens is 2. The van der Waals surface area contributed by atoms with Gasteiger partial charge in [-0.3, -0.25) is 14.5 Å². The lowest BCUT2D eigenvalue weighted by molar-refractivity contribution is -0.129. The number of amides is 2. The van der Waals surface area contributed by atoms with Gasteiger partial charge in [0.2, 0.25) is 5.91 Å². The highest BCUT2D eigenvalue weighted by Gasteiger charge is 2.32. The summed E-state index contributed by atoms with van der Waals surface area (Å²) < 4.78 is 7.09. The molecule has 6 nitrogen and oxygen atoms in total. The molecule has 0 unspecified atom stereocenters. The SMILES string of the molecule is CN1C(=O)Cn2c(cnc2C2CCOCC2)C1=O. The molecule has 3 rings (SSSR count). The molecule has 0 radical (unpaired) electrons. The minimum atomic E-state index is -0.267.